The van der Waals surface area contributed by atoms with Crippen LogP contribution in [-0.4, -0.2) is 0 Å². The van der Waals surface area contributed by atoms with Gasteiger partial charge in [-0.25, -0.2) is 0 Å². The summed E-state index contributed by atoms with van der Waals surface area (Å²) in [5, 5.41) is 8.60. The normalized spacial score (nSPS) is 26.6. The second-order valence-electron chi connectivity index (χ2n) is 2.75. The van der Waals surface area contributed by atoms with E-state index in [2.05, 4.69) is 19.9 Å². The highest BCUT2D eigenvalue weighted by Gasteiger charge is 2.17. The molecular formula is C8H11N. The zero-order valence-electron chi connectivity index (χ0n) is 5.94. The number of hydrogen-bond acceptors (Lipinski definition) is 1. The van der Waals surface area contributed by atoms with Gasteiger partial charge >= 0.3 is 0 Å². The molecule has 1 nitrogen and oxygen atoms in total. The minimum absolute atomic E-state index is 0.523. The predicted molar refractivity (Wildman–Crippen MR) is 36.7 cm³/mol. The number of rotatable bonds is 0. The zero-order valence-corrected chi connectivity index (χ0v) is 5.94. The first kappa shape index (κ1) is 6.35. The van der Waals surface area contributed by atoms with Crippen molar-refractivity contribution in [1.82, 2.24) is 0 Å². The van der Waals surface area contributed by atoms with Crippen molar-refractivity contribution in [3.8, 4) is 6.07 Å². The maximum absolute atomic E-state index is 8.60. The lowest BCUT2D eigenvalue weighted by atomic mass is 10.1. The number of nitrogens with zero attached hydrogens (tertiary/aromatic N) is 1. The van der Waals surface area contributed by atoms with Gasteiger partial charge in [-0.15, -0.1) is 0 Å². The Labute approximate surface area is 56.0 Å². The summed E-state index contributed by atoms with van der Waals surface area (Å²) in [6.07, 6.45) is 2.30. The van der Waals surface area contributed by atoms with Crippen LogP contribution in [0.5, 0.6) is 0 Å². The molecule has 1 aliphatic carbocycles. The third kappa shape index (κ3) is 0.977. The van der Waals surface area contributed by atoms with Crippen molar-refractivity contribution < 1.29 is 0 Å². The average molecular weight is 121 g/mol. The van der Waals surface area contributed by atoms with E-state index in [0.717, 1.165) is 12.0 Å². The topological polar surface area (TPSA) is 23.8 Å². The van der Waals surface area contributed by atoms with Gasteiger partial charge in [0.25, 0.3) is 0 Å². The van der Waals surface area contributed by atoms with Gasteiger partial charge in [0.05, 0.1) is 6.07 Å². The Hall–Kier alpha value is -0.770. The van der Waals surface area contributed by atoms with Crippen molar-refractivity contribution in [2.45, 2.75) is 26.7 Å². The molecule has 0 N–H and O–H groups in total. The third-order valence-corrected chi connectivity index (χ3v) is 2.03. The molecule has 0 aliphatic heterocycles. The van der Waals surface area contributed by atoms with Crippen LogP contribution >= 0.6 is 0 Å². The van der Waals surface area contributed by atoms with E-state index in [-0.39, 0.29) is 0 Å². The molecular weight excluding hydrogens is 110 g/mol. The van der Waals surface area contributed by atoms with Crippen LogP contribution in [0.1, 0.15) is 26.7 Å². The largest absolute Gasteiger partial charge is 0.193 e. The molecule has 1 heteroatoms. The molecule has 0 aromatic heterocycles. The van der Waals surface area contributed by atoms with Gasteiger partial charge in [0.1, 0.15) is 0 Å². The van der Waals surface area contributed by atoms with Crippen LogP contribution in [-0.2, 0) is 0 Å². The van der Waals surface area contributed by atoms with E-state index >= 15 is 0 Å². The summed E-state index contributed by atoms with van der Waals surface area (Å²) in [4.78, 5) is 0. The molecule has 0 saturated carbocycles. The molecule has 0 aromatic rings. The number of nitriles is 1. The second-order valence-corrected chi connectivity index (χ2v) is 2.75. The summed E-state index contributed by atoms with van der Waals surface area (Å²) in [7, 11) is 0. The summed E-state index contributed by atoms with van der Waals surface area (Å²) in [6.45, 7) is 4.18. The van der Waals surface area contributed by atoms with Gasteiger partial charge in [0.2, 0.25) is 0 Å². The lowest BCUT2D eigenvalue weighted by Crippen LogP contribution is -1.88. The van der Waals surface area contributed by atoms with Crippen molar-refractivity contribution in [2.24, 2.45) is 5.92 Å². The van der Waals surface area contributed by atoms with E-state index in [4.69, 9.17) is 5.26 Å². The lowest BCUT2D eigenvalue weighted by molar-refractivity contribution is 0.681. The van der Waals surface area contributed by atoms with Crippen LogP contribution in [0.2, 0.25) is 0 Å². The Balaban J connectivity index is 2.85. The van der Waals surface area contributed by atoms with Crippen molar-refractivity contribution in [1.29, 1.82) is 5.26 Å². The molecule has 0 bridgehead atoms. The summed E-state index contributed by atoms with van der Waals surface area (Å²) >= 11 is 0. The van der Waals surface area contributed by atoms with Gasteiger partial charge in [0, 0.05) is 5.57 Å². The maximum Gasteiger partial charge on any atom is 0.0949 e. The average Bonchev–Trinajstić information content (AvgIpc) is 2.12. The van der Waals surface area contributed by atoms with E-state index in [1.807, 2.05) is 0 Å². The molecule has 0 amide bonds. The fourth-order valence-electron chi connectivity index (χ4n) is 1.34. The number of allylic oxidation sites excluding steroid dienone is 2. The quantitative estimate of drug-likeness (QED) is 0.482. The van der Waals surface area contributed by atoms with Gasteiger partial charge in [-0.1, -0.05) is 12.5 Å². The molecule has 0 fully saturated rings. The zero-order chi connectivity index (χ0) is 6.85. The first-order chi connectivity index (χ1) is 4.25. The Kier molecular flexibility index (Phi) is 1.57. The molecule has 0 saturated heterocycles. The van der Waals surface area contributed by atoms with Crippen molar-refractivity contribution in [3.05, 3.63) is 11.1 Å². The first-order valence-electron chi connectivity index (χ1n) is 3.35. The van der Waals surface area contributed by atoms with Gasteiger partial charge in [-0.3, -0.25) is 0 Å². The SMILES string of the molecule is CC1=C(C#N)C(C)CC1. The lowest BCUT2D eigenvalue weighted by Gasteiger charge is -1.97. The number of hydrogen-bond donors (Lipinski definition) is 0. The minimum atomic E-state index is 0.523. The summed E-state index contributed by atoms with van der Waals surface area (Å²) in [6, 6.07) is 2.24. The molecule has 0 spiro atoms. The van der Waals surface area contributed by atoms with E-state index < -0.39 is 0 Å². The van der Waals surface area contributed by atoms with Crippen LogP contribution in [0, 0.1) is 17.2 Å². The van der Waals surface area contributed by atoms with Gasteiger partial charge in [-0.05, 0) is 25.7 Å². The molecule has 1 aliphatic rings. The van der Waals surface area contributed by atoms with Crippen molar-refractivity contribution >= 4 is 0 Å². The van der Waals surface area contributed by atoms with E-state index in [1.165, 1.54) is 12.0 Å². The van der Waals surface area contributed by atoms with Crippen LogP contribution in [0.4, 0.5) is 0 Å². The van der Waals surface area contributed by atoms with Gasteiger partial charge in [-0.2, -0.15) is 5.26 Å². The molecule has 0 heterocycles. The molecule has 1 atom stereocenters. The second kappa shape index (κ2) is 2.23. The fraction of sp³-hybridized carbons (Fsp3) is 0.625. The highest BCUT2D eigenvalue weighted by molar-refractivity contribution is 5.32. The van der Waals surface area contributed by atoms with Crippen molar-refractivity contribution in [3.63, 3.8) is 0 Å². The third-order valence-electron chi connectivity index (χ3n) is 2.03. The standard InChI is InChI=1S/C8H11N/c1-6-3-4-7(2)8(6)5-9/h6H,3-4H2,1-2H3. The maximum atomic E-state index is 8.60. The Morgan fingerprint density at radius 2 is 2.33 bits per heavy atom. The molecule has 0 aromatic carbocycles. The molecule has 48 valence electrons. The fourth-order valence-corrected chi connectivity index (χ4v) is 1.34. The van der Waals surface area contributed by atoms with E-state index in [0.29, 0.717) is 5.92 Å². The van der Waals surface area contributed by atoms with Gasteiger partial charge < -0.3 is 0 Å². The summed E-state index contributed by atoms with van der Waals surface area (Å²) < 4.78 is 0. The molecule has 1 rings (SSSR count). The van der Waals surface area contributed by atoms with Crippen LogP contribution < -0.4 is 0 Å². The Morgan fingerprint density at radius 3 is 2.56 bits per heavy atom. The Bertz CT molecular complexity index is 183. The molecule has 9 heavy (non-hydrogen) atoms. The first-order valence-corrected chi connectivity index (χ1v) is 3.35. The highest BCUT2D eigenvalue weighted by Crippen LogP contribution is 2.30. The smallest absolute Gasteiger partial charge is 0.0949 e. The monoisotopic (exact) mass is 121 g/mol. The molecule has 0 radical (unpaired) electrons. The van der Waals surface area contributed by atoms with E-state index in [1.54, 1.807) is 0 Å². The highest BCUT2D eigenvalue weighted by atomic mass is 14.3. The van der Waals surface area contributed by atoms with E-state index in [9.17, 15) is 0 Å². The van der Waals surface area contributed by atoms with Crippen LogP contribution in [0.15, 0.2) is 11.1 Å². The van der Waals surface area contributed by atoms with Crippen LogP contribution in [0.25, 0.3) is 0 Å². The minimum Gasteiger partial charge on any atom is -0.193 e. The van der Waals surface area contributed by atoms with Gasteiger partial charge in [0.15, 0.2) is 0 Å². The summed E-state index contributed by atoms with van der Waals surface area (Å²) in [5.74, 6) is 0.523. The van der Waals surface area contributed by atoms with Crippen LogP contribution in [0.3, 0.4) is 0 Å². The summed E-state index contributed by atoms with van der Waals surface area (Å²) in [5.41, 5.74) is 2.32. The predicted octanol–water partition coefficient (Wildman–Crippen LogP) is 2.26. The Morgan fingerprint density at radius 1 is 1.67 bits per heavy atom. The molecule has 1 unspecified atom stereocenters. The van der Waals surface area contributed by atoms with Crippen molar-refractivity contribution in [2.75, 3.05) is 0 Å².